The Bertz CT molecular complexity index is 1140. The molecule has 2 heterocycles. The zero-order valence-electron chi connectivity index (χ0n) is 19.2. The van der Waals surface area contributed by atoms with Crippen LogP contribution in [-0.4, -0.2) is 58.3 Å². The van der Waals surface area contributed by atoms with Crippen LogP contribution in [0.15, 0.2) is 47.5 Å². The summed E-state index contributed by atoms with van der Waals surface area (Å²) >= 11 is 5.89. The molecule has 4 rings (SSSR count). The molecule has 9 nitrogen and oxygen atoms in total. The number of fused-ring (bicyclic) bond motifs is 2. The first-order valence-corrected chi connectivity index (χ1v) is 11.9. The van der Waals surface area contributed by atoms with Gasteiger partial charge >= 0.3 is 5.97 Å². The molecule has 0 radical (unpaired) electrons. The van der Waals surface area contributed by atoms with Crippen molar-refractivity contribution < 1.29 is 24.2 Å². The number of guanidine groups is 1. The first kappa shape index (κ1) is 24.5. The number of amides is 2. The van der Waals surface area contributed by atoms with Crippen LogP contribution in [0.5, 0.6) is 5.75 Å². The number of hydrogen-bond acceptors (Lipinski definition) is 6. The second kappa shape index (κ2) is 11.2. The number of ether oxygens (including phenoxy) is 1. The molecular formula is C25H27ClN4O5. The maximum absolute atomic E-state index is 12.6. The van der Waals surface area contributed by atoms with Gasteiger partial charge in [0.15, 0.2) is 0 Å². The number of benzene rings is 2. The monoisotopic (exact) mass is 498 g/mol. The van der Waals surface area contributed by atoms with Crippen molar-refractivity contribution in [2.75, 3.05) is 19.7 Å². The molecule has 1 fully saturated rings. The Morgan fingerprint density at radius 3 is 2.69 bits per heavy atom. The van der Waals surface area contributed by atoms with Crippen molar-refractivity contribution in [3.05, 3.63) is 58.6 Å². The quantitative estimate of drug-likeness (QED) is 0.460. The summed E-state index contributed by atoms with van der Waals surface area (Å²) in [5.41, 5.74) is 2.66. The Kier molecular flexibility index (Phi) is 7.87. The highest BCUT2D eigenvalue weighted by Crippen LogP contribution is 2.30. The lowest BCUT2D eigenvalue weighted by Crippen LogP contribution is -2.35. The molecule has 0 bridgehead atoms. The summed E-state index contributed by atoms with van der Waals surface area (Å²) in [6, 6.07) is 12.7. The van der Waals surface area contributed by atoms with Crippen LogP contribution in [-0.2, 0) is 27.5 Å². The minimum atomic E-state index is -1.04. The van der Waals surface area contributed by atoms with E-state index >= 15 is 0 Å². The smallest absolute Gasteiger partial charge is 0.323 e. The summed E-state index contributed by atoms with van der Waals surface area (Å²) in [5.74, 6) is 0.00136. The average Bonchev–Trinajstić information content (AvgIpc) is 3.18. The van der Waals surface area contributed by atoms with E-state index in [0.29, 0.717) is 42.8 Å². The number of carboxylic acids is 1. The standard InChI is InChI=1S/C25H27ClN4O5/c26-19-8-5-17(6-9-19)13-29(16-24(33)34)23(32)4-2-1-3-11-35-20-10-7-18-14-30-15-22(31)28-25(30)27-21(18)12-20/h5-10,12H,1-4,11,13-16H2,(H,33,34)(H,27,28,31). The molecule has 10 heteroatoms. The molecule has 2 N–H and O–H groups in total. The highest BCUT2D eigenvalue weighted by Gasteiger charge is 2.29. The highest BCUT2D eigenvalue weighted by atomic mass is 35.5. The number of hydrogen-bond donors (Lipinski definition) is 2. The fourth-order valence-electron chi connectivity index (χ4n) is 4.02. The van der Waals surface area contributed by atoms with Crippen molar-refractivity contribution in [3.8, 4) is 5.75 Å². The van der Waals surface area contributed by atoms with Gasteiger partial charge in [0.25, 0.3) is 0 Å². The van der Waals surface area contributed by atoms with Gasteiger partial charge < -0.3 is 19.6 Å². The van der Waals surface area contributed by atoms with Crippen molar-refractivity contribution >= 4 is 41.0 Å². The molecule has 0 aliphatic carbocycles. The van der Waals surface area contributed by atoms with Crippen molar-refractivity contribution in [2.24, 2.45) is 4.99 Å². The van der Waals surface area contributed by atoms with E-state index in [1.807, 2.05) is 23.1 Å². The van der Waals surface area contributed by atoms with E-state index < -0.39 is 5.97 Å². The van der Waals surface area contributed by atoms with Gasteiger partial charge in [0, 0.05) is 30.6 Å². The van der Waals surface area contributed by atoms with E-state index in [4.69, 9.17) is 16.3 Å². The number of halogens is 1. The third-order valence-corrected chi connectivity index (χ3v) is 6.05. The second-order valence-electron chi connectivity index (χ2n) is 8.56. The predicted molar refractivity (Wildman–Crippen MR) is 131 cm³/mol. The molecule has 2 aliphatic heterocycles. The Morgan fingerprint density at radius 2 is 1.91 bits per heavy atom. The molecule has 2 aromatic carbocycles. The number of nitrogens with zero attached hydrogens (tertiary/aromatic N) is 3. The van der Waals surface area contributed by atoms with Gasteiger partial charge in [-0.05, 0) is 48.6 Å². The summed E-state index contributed by atoms with van der Waals surface area (Å²) in [5, 5.41) is 12.5. The second-order valence-corrected chi connectivity index (χ2v) is 9.00. The Hall–Kier alpha value is -3.59. The number of carbonyl (C=O) groups is 3. The third-order valence-electron chi connectivity index (χ3n) is 5.80. The van der Waals surface area contributed by atoms with Gasteiger partial charge in [-0.15, -0.1) is 0 Å². The normalized spacial score (nSPS) is 14.0. The maximum Gasteiger partial charge on any atom is 0.323 e. The first-order chi connectivity index (χ1) is 16.9. The van der Waals surface area contributed by atoms with Crippen molar-refractivity contribution in [3.63, 3.8) is 0 Å². The summed E-state index contributed by atoms with van der Waals surface area (Å²) < 4.78 is 5.85. The average molecular weight is 499 g/mol. The molecule has 1 saturated heterocycles. The number of nitrogens with one attached hydrogen (secondary N) is 1. The fourth-order valence-corrected chi connectivity index (χ4v) is 4.15. The summed E-state index contributed by atoms with van der Waals surface area (Å²) in [7, 11) is 0. The maximum atomic E-state index is 12.6. The van der Waals surface area contributed by atoms with Crippen molar-refractivity contribution in [2.45, 2.75) is 38.8 Å². The minimum Gasteiger partial charge on any atom is -0.494 e. The Morgan fingerprint density at radius 1 is 1.11 bits per heavy atom. The highest BCUT2D eigenvalue weighted by molar-refractivity contribution is 6.30. The van der Waals surface area contributed by atoms with E-state index in [9.17, 15) is 19.5 Å². The van der Waals surface area contributed by atoms with Gasteiger partial charge in [0.2, 0.25) is 17.8 Å². The molecule has 2 amide bonds. The van der Waals surface area contributed by atoms with E-state index in [1.54, 1.807) is 24.3 Å². The van der Waals surface area contributed by atoms with E-state index in [-0.39, 0.29) is 31.3 Å². The molecule has 184 valence electrons. The van der Waals surface area contributed by atoms with Gasteiger partial charge in [-0.1, -0.05) is 29.8 Å². The zero-order chi connectivity index (χ0) is 24.8. The number of unbranched alkanes of at least 4 members (excludes halogenated alkanes) is 2. The Balaban J connectivity index is 1.19. The van der Waals surface area contributed by atoms with Crippen molar-refractivity contribution in [1.82, 2.24) is 15.1 Å². The van der Waals surface area contributed by atoms with Gasteiger partial charge in [-0.25, -0.2) is 4.99 Å². The zero-order valence-corrected chi connectivity index (χ0v) is 20.0. The van der Waals surface area contributed by atoms with Crippen LogP contribution in [0.2, 0.25) is 5.02 Å². The van der Waals surface area contributed by atoms with Crippen LogP contribution in [0.3, 0.4) is 0 Å². The molecule has 0 aromatic heterocycles. The molecule has 0 atom stereocenters. The number of rotatable bonds is 11. The lowest BCUT2D eigenvalue weighted by atomic mass is 10.1. The number of carbonyl (C=O) groups excluding carboxylic acids is 2. The molecule has 0 spiro atoms. The predicted octanol–water partition coefficient (Wildman–Crippen LogP) is 3.33. The van der Waals surface area contributed by atoms with Gasteiger partial charge in [-0.2, -0.15) is 0 Å². The lowest BCUT2D eigenvalue weighted by molar-refractivity contribution is -0.145. The Labute approximate surface area is 208 Å². The molecular weight excluding hydrogens is 472 g/mol. The van der Waals surface area contributed by atoms with Crippen LogP contribution < -0.4 is 10.1 Å². The van der Waals surface area contributed by atoms with Crippen molar-refractivity contribution in [1.29, 1.82) is 0 Å². The molecule has 0 unspecified atom stereocenters. The van der Waals surface area contributed by atoms with Gasteiger partial charge in [0.05, 0.1) is 12.3 Å². The lowest BCUT2D eigenvalue weighted by Gasteiger charge is -2.23. The summed E-state index contributed by atoms with van der Waals surface area (Å²) in [6.07, 6.45) is 2.46. The minimum absolute atomic E-state index is 0.0532. The molecule has 35 heavy (non-hydrogen) atoms. The van der Waals surface area contributed by atoms with E-state index in [0.717, 1.165) is 29.7 Å². The number of carboxylic acid groups (broad SMARTS) is 1. The number of aliphatic imine (C=N–C) groups is 1. The SMILES string of the molecule is O=C(O)CN(Cc1ccc(Cl)cc1)C(=O)CCCCCOc1ccc2c(c1)N=C1NC(=O)CN1C2. The summed E-state index contributed by atoms with van der Waals surface area (Å²) in [4.78, 5) is 43.1. The van der Waals surface area contributed by atoms with Crippen LogP contribution in [0.4, 0.5) is 5.69 Å². The number of aliphatic carboxylic acids is 1. The van der Waals surface area contributed by atoms with Gasteiger partial charge in [-0.3, -0.25) is 19.7 Å². The summed E-state index contributed by atoms with van der Waals surface area (Å²) in [6.45, 7) is 1.35. The van der Waals surface area contributed by atoms with Crippen LogP contribution in [0.25, 0.3) is 0 Å². The largest absolute Gasteiger partial charge is 0.494 e. The molecule has 0 saturated carbocycles. The fraction of sp³-hybridized carbons (Fsp3) is 0.360. The molecule has 2 aromatic rings. The van der Waals surface area contributed by atoms with Crippen LogP contribution in [0.1, 0.15) is 36.8 Å². The topological polar surface area (TPSA) is 112 Å². The van der Waals surface area contributed by atoms with E-state index in [1.165, 1.54) is 4.90 Å². The molecule has 2 aliphatic rings. The van der Waals surface area contributed by atoms with E-state index in [2.05, 4.69) is 10.3 Å². The third kappa shape index (κ3) is 6.73. The van der Waals surface area contributed by atoms with Crippen LogP contribution >= 0.6 is 11.6 Å². The van der Waals surface area contributed by atoms with Gasteiger partial charge in [0.1, 0.15) is 18.8 Å². The van der Waals surface area contributed by atoms with Crippen LogP contribution in [0, 0.1) is 0 Å². The first-order valence-electron chi connectivity index (χ1n) is 11.5.